The maximum atomic E-state index is 13.3. The molecule has 0 aliphatic heterocycles. The van der Waals surface area contributed by atoms with Crippen LogP contribution in [0, 0.1) is 6.92 Å². The zero-order valence-electron chi connectivity index (χ0n) is 20.5. The molecule has 0 aliphatic carbocycles. The first-order chi connectivity index (χ1) is 17.1. The summed E-state index contributed by atoms with van der Waals surface area (Å²) in [4.78, 5) is 21.0. The highest BCUT2D eigenvalue weighted by Gasteiger charge is 2.23. The summed E-state index contributed by atoms with van der Waals surface area (Å²) in [7, 11) is -1.21. The highest BCUT2D eigenvalue weighted by Crippen LogP contribution is 2.40. The fourth-order valence-electron chi connectivity index (χ4n) is 4.23. The molecule has 4 aromatic heterocycles. The molecule has 5 aromatic rings. The summed E-state index contributed by atoms with van der Waals surface area (Å²) in [6.07, 6.45) is 1.67. The molecule has 36 heavy (non-hydrogen) atoms. The fourth-order valence-corrected chi connectivity index (χ4v) is 5.49. The molecule has 186 valence electrons. The summed E-state index contributed by atoms with van der Waals surface area (Å²) in [5, 5.41) is 6.18. The molecule has 4 heterocycles. The van der Waals surface area contributed by atoms with Gasteiger partial charge in [-0.25, -0.2) is 4.98 Å². The molecule has 1 N–H and O–H groups in total. The number of aromatic nitrogens is 4. The number of nitrogens with one attached hydrogen (secondary N) is 1. The Bertz CT molecular complexity index is 1630. The Morgan fingerprint density at radius 2 is 1.92 bits per heavy atom. The lowest BCUT2D eigenvalue weighted by atomic mass is 9.94. The molecule has 0 saturated heterocycles. The Morgan fingerprint density at radius 3 is 2.58 bits per heavy atom. The van der Waals surface area contributed by atoms with Crippen molar-refractivity contribution in [2.24, 2.45) is 0 Å². The quantitative estimate of drug-likeness (QED) is 0.161. The Balaban J connectivity index is 1.75. The van der Waals surface area contributed by atoms with E-state index in [1.165, 1.54) is 0 Å². The molecule has 0 radical (unpaired) electrons. The van der Waals surface area contributed by atoms with Gasteiger partial charge in [-0.2, -0.15) is 0 Å². The lowest BCUT2D eigenvalue weighted by Crippen LogP contribution is -2.22. The van der Waals surface area contributed by atoms with E-state index < -0.39 is 8.07 Å². The van der Waals surface area contributed by atoms with Crippen LogP contribution in [0.1, 0.15) is 5.69 Å². The Labute approximate surface area is 222 Å². The van der Waals surface area contributed by atoms with E-state index in [4.69, 9.17) is 20.9 Å². The summed E-state index contributed by atoms with van der Waals surface area (Å²) in [5.41, 5.74) is 3.71. The van der Waals surface area contributed by atoms with E-state index in [0.717, 1.165) is 32.4 Å². The van der Waals surface area contributed by atoms with Gasteiger partial charge in [-0.1, -0.05) is 64.5 Å². The number of hydrogen-bond donors (Lipinski definition) is 1. The molecular formula is C26H26BrClN4O3Si. The smallest absolute Gasteiger partial charge is 0.260 e. The van der Waals surface area contributed by atoms with Crippen molar-refractivity contribution in [3.05, 3.63) is 68.3 Å². The summed E-state index contributed by atoms with van der Waals surface area (Å²) in [5.74, 6) is 0.402. The molecule has 7 nitrogen and oxygen atoms in total. The average Bonchev–Trinajstić information content (AvgIpc) is 3.38. The predicted molar refractivity (Wildman–Crippen MR) is 150 cm³/mol. The number of fused-ring (bicyclic) bond motifs is 3. The number of aryl methyl sites for hydroxylation is 1. The zero-order valence-corrected chi connectivity index (χ0v) is 23.8. The lowest BCUT2D eigenvalue weighted by Gasteiger charge is -2.16. The molecule has 0 amide bonds. The summed E-state index contributed by atoms with van der Waals surface area (Å²) in [6.45, 7) is 9.76. The maximum absolute atomic E-state index is 13.3. The molecule has 0 spiro atoms. The second-order valence-corrected chi connectivity index (χ2v) is 17.0. The van der Waals surface area contributed by atoms with Crippen molar-refractivity contribution < 1.29 is 9.26 Å². The van der Waals surface area contributed by atoms with E-state index in [1.54, 1.807) is 12.3 Å². The van der Waals surface area contributed by atoms with Gasteiger partial charge < -0.3 is 14.2 Å². The highest BCUT2D eigenvalue weighted by molar-refractivity contribution is 9.10. The van der Waals surface area contributed by atoms with E-state index in [-0.39, 0.29) is 5.56 Å². The molecule has 1 aromatic carbocycles. The van der Waals surface area contributed by atoms with Gasteiger partial charge in [0.25, 0.3) is 5.56 Å². The van der Waals surface area contributed by atoms with Crippen LogP contribution < -0.4 is 5.56 Å². The Morgan fingerprint density at radius 1 is 1.17 bits per heavy atom. The van der Waals surface area contributed by atoms with Gasteiger partial charge in [0.1, 0.15) is 17.5 Å². The number of aromatic amines is 1. The first kappa shape index (κ1) is 24.9. The van der Waals surface area contributed by atoms with Gasteiger partial charge in [-0.15, -0.1) is 0 Å². The summed E-state index contributed by atoms with van der Waals surface area (Å²) >= 11 is 10.2. The minimum Gasteiger partial charge on any atom is -0.361 e. The van der Waals surface area contributed by atoms with Crippen LogP contribution in [0.3, 0.4) is 0 Å². The van der Waals surface area contributed by atoms with Gasteiger partial charge >= 0.3 is 0 Å². The van der Waals surface area contributed by atoms with E-state index in [0.29, 0.717) is 46.7 Å². The fraction of sp³-hybridized carbons (Fsp3) is 0.269. The van der Waals surface area contributed by atoms with Crippen LogP contribution >= 0.6 is 27.5 Å². The van der Waals surface area contributed by atoms with Crippen LogP contribution in [0.5, 0.6) is 0 Å². The zero-order chi connectivity index (χ0) is 25.6. The van der Waals surface area contributed by atoms with Crippen molar-refractivity contribution in [1.29, 1.82) is 0 Å². The van der Waals surface area contributed by atoms with Gasteiger partial charge in [0.2, 0.25) is 0 Å². The number of pyridine rings is 2. The Hall–Kier alpha value is -2.72. The normalized spacial score (nSPS) is 12.2. The van der Waals surface area contributed by atoms with Crippen molar-refractivity contribution in [3.63, 3.8) is 0 Å². The minimum absolute atomic E-state index is 0.280. The number of benzene rings is 1. The molecule has 0 fully saturated rings. The number of nitrogens with zero attached hydrogens (tertiary/aromatic N) is 3. The first-order valence-corrected chi connectivity index (χ1v) is 16.5. The molecule has 5 rings (SSSR count). The van der Waals surface area contributed by atoms with Crippen LogP contribution in [0.15, 0.2) is 56.4 Å². The highest BCUT2D eigenvalue weighted by atomic mass is 79.9. The van der Waals surface area contributed by atoms with Crippen LogP contribution in [0.4, 0.5) is 0 Å². The van der Waals surface area contributed by atoms with E-state index in [9.17, 15) is 4.79 Å². The predicted octanol–water partition coefficient (Wildman–Crippen LogP) is 7.24. The van der Waals surface area contributed by atoms with Crippen LogP contribution in [-0.2, 0) is 11.5 Å². The third kappa shape index (κ3) is 4.80. The standard InChI is InChI=1S/C26H26BrClN4O3Si/c1-15-11-20(35-31-15)24-22(16-5-7-17(27)8-6-16)23-18-12-21(28)32(14-34-9-10-36(2,3)4)25(18)29-13-19(23)30-26(24)33/h5-8,11-13H,9-10,14H2,1-4H3,(H,30,33). The van der Waals surface area contributed by atoms with Gasteiger partial charge in [0, 0.05) is 41.6 Å². The molecule has 0 saturated carbocycles. The molecule has 0 unspecified atom stereocenters. The number of ether oxygens (including phenoxy) is 1. The number of rotatable bonds is 7. The summed E-state index contributed by atoms with van der Waals surface area (Å²) in [6, 6.07) is 12.5. The van der Waals surface area contributed by atoms with Crippen molar-refractivity contribution in [3.8, 4) is 22.5 Å². The van der Waals surface area contributed by atoms with Gasteiger partial charge in [-0.05, 0) is 36.7 Å². The van der Waals surface area contributed by atoms with Crippen molar-refractivity contribution in [2.75, 3.05) is 6.61 Å². The molecule has 10 heteroatoms. The Kier molecular flexibility index (Phi) is 6.67. The van der Waals surface area contributed by atoms with Crippen molar-refractivity contribution >= 4 is 57.5 Å². The van der Waals surface area contributed by atoms with E-state index >= 15 is 0 Å². The van der Waals surface area contributed by atoms with Crippen LogP contribution in [0.2, 0.25) is 30.8 Å². The largest absolute Gasteiger partial charge is 0.361 e. The molecule has 0 bridgehead atoms. The number of H-pyrrole nitrogens is 1. The third-order valence-corrected chi connectivity index (χ3v) is 8.62. The van der Waals surface area contributed by atoms with Crippen molar-refractivity contribution in [2.45, 2.75) is 39.3 Å². The SMILES string of the molecule is Cc1cc(-c2c(-c3ccc(Br)cc3)c3c(cnc4c3cc(Cl)n4COCC[Si](C)(C)C)[nH]c2=O)on1. The van der Waals surface area contributed by atoms with E-state index in [2.05, 4.69) is 50.7 Å². The molecule has 0 aliphatic rings. The van der Waals surface area contributed by atoms with Gasteiger partial charge in [-0.3, -0.25) is 9.36 Å². The second kappa shape index (κ2) is 9.62. The monoisotopic (exact) mass is 584 g/mol. The number of halogens is 2. The van der Waals surface area contributed by atoms with Crippen LogP contribution in [-0.4, -0.2) is 34.4 Å². The van der Waals surface area contributed by atoms with Crippen molar-refractivity contribution in [1.82, 2.24) is 19.7 Å². The topological polar surface area (TPSA) is 85.9 Å². The van der Waals surface area contributed by atoms with Gasteiger partial charge in [0.05, 0.1) is 23.0 Å². The van der Waals surface area contributed by atoms with Gasteiger partial charge in [0.15, 0.2) is 5.76 Å². The second-order valence-electron chi connectivity index (χ2n) is 10.1. The maximum Gasteiger partial charge on any atom is 0.260 e. The summed E-state index contributed by atoms with van der Waals surface area (Å²) < 4.78 is 14.3. The van der Waals surface area contributed by atoms with E-state index in [1.807, 2.05) is 41.8 Å². The van der Waals surface area contributed by atoms with Crippen LogP contribution in [0.25, 0.3) is 44.4 Å². The number of hydrogen-bond acceptors (Lipinski definition) is 5. The first-order valence-electron chi connectivity index (χ1n) is 11.6. The molecule has 0 atom stereocenters. The minimum atomic E-state index is -1.21. The lowest BCUT2D eigenvalue weighted by molar-refractivity contribution is 0.0901. The average molecular weight is 586 g/mol. The molecular weight excluding hydrogens is 560 g/mol. The third-order valence-electron chi connectivity index (χ3n) is 6.07.